The van der Waals surface area contributed by atoms with Gasteiger partial charge in [-0.05, 0) is 38.3 Å². The van der Waals surface area contributed by atoms with E-state index in [0.717, 1.165) is 42.3 Å². The monoisotopic (exact) mass is 348 g/mol. The smallest absolute Gasteiger partial charge is 0.273 e. The summed E-state index contributed by atoms with van der Waals surface area (Å²) in [6.07, 6.45) is 4.19. The van der Waals surface area contributed by atoms with Crippen LogP contribution in [0.5, 0.6) is 0 Å². The molecule has 0 fully saturated rings. The number of ether oxygens (including phenoxy) is 1. The van der Waals surface area contributed by atoms with Crippen LogP contribution in [0.25, 0.3) is 10.9 Å². The number of aryl methyl sites for hydroxylation is 1. The van der Waals surface area contributed by atoms with E-state index < -0.39 is 0 Å². The predicted octanol–water partition coefficient (Wildman–Crippen LogP) is 3.19. The van der Waals surface area contributed by atoms with Crippen molar-refractivity contribution < 1.29 is 9.53 Å². The van der Waals surface area contributed by atoms with E-state index in [9.17, 15) is 4.79 Å². The van der Waals surface area contributed by atoms with E-state index in [2.05, 4.69) is 10.4 Å². The number of nitrogens with zero attached hydrogens (tertiary/aromatic N) is 2. The fraction of sp³-hybridized carbons (Fsp3) is 0.412. The zero-order chi connectivity index (χ0) is 17.1. The minimum atomic E-state index is -0.254. The van der Waals surface area contributed by atoms with Gasteiger partial charge in [-0.15, -0.1) is 0 Å². The molecule has 0 aliphatic carbocycles. The molecular weight excluding hydrogens is 328 g/mol. The highest BCUT2D eigenvalue weighted by Gasteiger charge is 2.24. The first-order valence-corrected chi connectivity index (χ1v) is 8.51. The number of hydrogen-bond acceptors (Lipinski definition) is 4. The third-order valence-electron chi connectivity index (χ3n) is 4.35. The van der Waals surface area contributed by atoms with Crippen molar-refractivity contribution in [1.82, 2.24) is 9.88 Å². The van der Waals surface area contributed by atoms with Gasteiger partial charge in [0.25, 0.3) is 5.91 Å². The minimum Gasteiger partial charge on any atom is -0.374 e. The van der Waals surface area contributed by atoms with Gasteiger partial charge in [-0.1, -0.05) is 17.7 Å². The first kappa shape index (κ1) is 16.8. The number of nitrogens with two attached hydrogens (primary N) is 1. The van der Waals surface area contributed by atoms with Crippen LogP contribution in [0, 0.1) is 0 Å². The zero-order valence-electron chi connectivity index (χ0n) is 13.6. The number of carbonyl (C=O) groups excluding carboxylic acids is 1. The molecule has 1 atom stereocenters. The molecule has 0 bridgehead atoms. The molecule has 1 unspecified atom stereocenters. The number of hydrogen-bond donors (Lipinski definition) is 2. The van der Waals surface area contributed by atoms with Gasteiger partial charge >= 0.3 is 0 Å². The lowest BCUT2D eigenvalue weighted by Crippen LogP contribution is -2.25. The van der Waals surface area contributed by atoms with Crippen molar-refractivity contribution in [1.29, 1.82) is 0 Å². The van der Waals surface area contributed by atoms with Crippen molar-refractivity contribution in [3.8, 4) is 0 Å². The normalized spacial score (nSPS) is 17.8. The fourth-order valence-corrected chi connectivity index (χ4v) is 3.56. The van der Waals surface area contributed by atoms with E-state index >= 15 is 0 Å². The van der Waals surface area contributed by atoms with Crippen LogP contribution in [0.3, 0.4) is 0 Å². The maximum atomic E-state index is 12.5. The number of nitrogens with one attached hydrogen (secondary N) is 1. The van der Waals surface area contributed by atoms with Crippen molar-refractivity contribution in [3.05, 3.63) is 34.5 Å². The largest absolute Gasteiger partial charge is 0.374 e. The Morgan fingerprint density at radius 2 is 2.38 bits per heavy atom. The molecule has 3 N–H and O–H groups in total. The van der Waals surface area contributed by atoms with Crippen LogP contribution in [0.2, 0.25) is 5.02 Å². The summed E-state index contributed by atoms with van der Waals surface area (Å²) in [4.78, 5) is 12.5. The molecule has 1 aliphatic heterocycles. The fourth-order valence-electron chi connectivity index (χ4n) is 3.35. The standard InChI is InChI=1S/C17H21ClN4O2/c1-2-24-15-5-3-4-8-22-14(17(23)20-10-21-19)9-12-13(18)7-6-11(15)16(12)22/h6-7,9-10,15H,2-5,8,19H2,1H3,(H,20,21,23). The van der Waals surface area contributed by atoms with Gasteiger partial charge in [0.15, 0.2) is 0 Å². The Balaban J connectivity index is 2.20. The average molecular weight is 349 g/mol. The topological polar surface area (TPSA) is 81.6 Å². The summed E-state index contributed by atoms with van der Waals surface area (Å²) < 4.78 is 7.97. The van der Waals surface area contributed by atoms with Gasteiger partial charge in [-0.25, -0.2) is 0 Å². The number of carbonyl (C=O) groups is 1. The number of rotatable bonds is 4. The molecule has 7 heteroatoms. The summed E-state index contributed by atoms with van der Waals surface area (Å²) in [5.41, 5.74) is 2.62. The Morgan fingerprint density at radius 3 is 3.12 bits per heavy atom. The van der Waals surface area contributed by atoms with E-state index in [-0.39, 0.29) is 12.0 Å². The highest BCUT2D eigenvalue weighted by Crippen LogP contribution is 2.37. The summed E-state index contributed by atoms with van der Waals surface area (Å²) in [6.45, 7) is 3.41. The van der Waals surface area contributed by atoms with Crippen LogP contribution < -0.4 is 11.2 Å². The molecule has 3 rings (SSSR count). The molecule has 6 nitrogen and oxygen atoms in total. The molecular formula is C17H21ClN4O2. The SMILES string of the molecule is CCOC1CCCCn2c(C(=O)NC=NN)cc3c(Cl)ccc1c32. The molecule has 0 saturated carbocycles. The average Bonchev–Trinajstić information content (AvgIpc) is 2.94. The number of hydrazone groups is 1. The second-order valence-corrected chi connectivity index (χ2v) is 6.18. The van der Waals surface area contributed by atoms with Crippen LogP contribution in [0.4, 0.5) is 0 Å². The maximum Gasteiger partial charge on any atom is 0.273 e. The molecule has 128 valence electrons. The van der Waals surface area contributed by atoms with Gasteiger partial charge in [-0.3, -0.25) is 4.79 Å². The van der Waals surface area contributed by atoms with Gasteiger partial charge in [0, 0.05) is 29.1 Å². The summed E-state index contributed by atoms with van der Waals surface area (Å²) in [6, 6.07) is 5.71. The van der Waals surface area contributed by atoms with E-state index in [1.807, 2.05) is 29.7 Å². The molecule has 1 amide bonds. The third kappa shape index (κ3) is 2.99. The van der Waals surface area contributed by atoms with E-state index in [0.29, 0.717) is 17.3 Å². The Morgan fingerprint density at radius 1 is 1.54 bits per heavy atom. The summed E-state index contributed by atoms with van der Waals surface area (Å²) in [7, 11) is 0. The molecule has 2 heterocycles. The van der Waals surface area contributed by atoms with Crippen molar-refractivity contribution >= 4 is 34.7 Å². The Kier molecular flexibility index (Phi) is 5.06. The first-order valence-electron chi connectivity index (χ1n) is 8.13. The van der Waals surface area contributed by atoms with Gasteiger partial charge in [0.1, 0.15) is 12.0 Å². The van der Waals surface area contributed by atoms with Gasteiger partial charge in [0.2, 0.25) is 0 Å². The van der Waals surface area contributed by atoms with Crippen molar-refractivity contribution in [3.63, 3.8) is 0 Å². The summed E-state index contributed by atoms with van der Waals surface area (Å²) in [5.74, 6) is 4.81. The molecule has 0 spiro atoms. The first-order chi connectivity index (χ1) is 11.7. The van der Waals surface area contributed by atoms with Crippen LogP contribution in [-0.2, 0) is 11.3 Å². The van der Waals surface area contributed by atoms with Crippen molar-refractivity contribution in [2.45, 2.75) is 38.8 Å². The Bertz CT molecular complexity index is 784. The molecule has 24 heavy (non-hydrogen) atoms. The molecule has 0 radical (unpaired) electrons. The van der Waals surface area contributed by atoms with Crippen LogP contribution in [0.1, 0.15) is 48.3 Å². The molecule has 1 aliphatic rings. The van der Waals surface area contributed by atoms with Crippen LogP contribution >= 0.6 is 11.6 Å². The number of benzene rings is 1. The zero-order valence-corrected chi connectivity index (χ0v) is 14.3. The van der Waals surface area contributed by atoms with E-state index in [4.69, 9.17) is 22.2 Å². The number of amides is 1. The lowest BCUT2D eigenvalue weighted by molar-refractivity contribution is 0.0539. The van der Waals surface area contributed by atoms with Crippen molar-refractivity contribution in [2.24, 2.45) is 10.9 Å². The predicted molar refractivity (Wildman–Crippen MR) is 95.3 cm³/mol. The molecule has 0 saturated heterocycles. The number of halogens is 1. The van der Waals surface area contributed by atoms with Gasteiger partial charge < -0.3 is 20.5 Å². The second kappa shape index (κ2) is 7.23. The minimum absolute atomic E-state index is 0.0187. The van der Waals surface area contributed by atoms with Gasteiger partial charge in [-0.2, -0.15) is 5.10 Å². The van der Waals surface area contributed by atoms with Crippen molar-refractivity contribution in [2.75, 3.05) is 6.61 Å². The van der Waals surface area contributed by atoms with E-state index in [1.54, 1.807) is 0 Å². The maximum absolute atomic E-state index is 12.5. The second-order valence-electron chi connectivity index (χ2n) is 5.77. The highest BCUT2D eigenvalue weighted by molar-refractivity contribution is 6.35. The lowest BCUT2D eigenvalue weighted by Gasteiger charge is -2.23. The molecule has 1 aromatic heterocycles. The van der Waals surface area contributed by atoms with E-state index in [1.165, 1.54) is 6.34 Å². The highest BCUT2D eigenvalue weighted by atomic mass is 35.5. The molecule has 2 aromatic rings. The van der Waals surface area contributed by atoms with Crippen LogP contribution in [-0.4, -0.2) is 23.4 Å². The Hall–Kier alpha value is -2.05. The quantitative estimate of drug-likeness (QED) is 0.385. The lowest BCUT2D eigenvalue weighted by atomic mass is 9.99. The Labute approximate surface area is 145 Å². The summed E-state index contributed by atoms with van der Waals surface area (Å²) in [5, 5.41) is 7.39. The summed E-state index contributed by atoms with van der Waals surface area (Å²) >= 11 is 6.39. The van der Waals surface area contributed by atoms with Crippen LogP contribution in [0.15, 0.2) is 23.3 Å². The van der Waals surface area contributed by atoms with Gasteiger partial charge in [0.05, 0.1) is 11.6 Å². The third-order valence-corrected chi connectivity index (χ3v) is 4.68. The molecule has 1 aromatic carbocycles. The number of aromatic nitrogens is 1.